The van der Waals surface area contributed by atoms with E-state index in [9.17, 15) is 14.0 Å². The maximum atomic E-state index is 14.2. The normalized spacial score (nSPS) is 12.4. The average Bonchev–Trinajstić information content (AvgIpc) is 2.61. The van der Waals surface area contributed by atoms with Crippen molar-refractivity contribution in [3.63, 3.8) is 0 Å². The lowest BCUT2D eigenvalue weighted by Crippen LogP contribution is -2.52. The largest absolute Gasteiger partial charge is 0.350 e. The third-order valence-corrected chi connectivity index (χ3v) is 4.48. The molecule has 0 radical (unpaired) electrons. The van der Waals surface area contributed by atoms with Gasteiger partial charge in [-0.05, 0) is 51.5 Å². The molecule has 1 atom stereocenters. The molecule has 1 unspecified atom stereocenters. The number of carbonyl (C=O) groups is 2. The number of hydrogen-bond donors (Lipinski definition) is 1. The lowest BCUT2D eigenvalue weighted by atomic mass is 10.1. The molecule has 2 amide bonds. The number of amides is 2. The monoisotopic (exact) mass is 404 g/mol. The summed E-state index contributed by atoms with van der Waals surface area (Å²) in [4.78, 5) is 27.1. The van der Waals surface area contributed by atoms with Crippen molar-refractivity contribution >= 4 is 23.4 Å². The maximum Gasteiger partial charge on any atom is 0.242 e. The van der Waals surface area contributed by atoms with E-state index in [0.717, 1.165) is 5.56 Å². The van der Waals surface area contributed by atoms with E-state index in [4.69, 9.17) is 11.6 Å². The molecule has 150 valence electrons. The Hall–Kier alpha value is -2.40. The first-order chi connectivity index (χ1) is 13.1. The van der Waals surface area contributed by atoms with Crippen LogP contribution in [0.2, 0.25) is 5.02 Å². The number of rotatable bonds is 6. The van der Waals surface area contributed by atoms with Gasteiger partial charge < -0.3 is 10.2 Å². The third-order valence-electron chi connectivity index (χ3n) is 4.23. The van der Waals surface area contributed by atoms with Gasteiger partial charge in [-0.25, -0.2) is 4.39 Å². The first-order valence-electron chi connectivity index (χ1n) is 9.16. The van der Waals surface area contributed by atoms with E-state index in [1.54, 1.807) is 49.4 Å². The van der Waals surface area contributed by atoms with E-state index >= 15 is 0 Å². The number of halogens is 2. The summed E-state index contributed by atoms with van der Waals surface area (Å²) in [6, 6.07) is 12.5. The summed E-state index contributed by atoms with van der Waals surface area (Å²) < 4.78 is 14.2. The molecule has 4 nitrogen and oxygen atoms in total. The van der Waals surface area contributed by atoms with Crippen LogP contribution in [0.5, 0.6) is 0 Å². The fraction of sp³-hybridized carbons (Fsp3) is 0.364. The van der Waals surface area contributed by atoms with Gasteiger partial charge in [0.05, 0.1) is 6.42 Å². The molecule has 0 fully saturated rings. The first-order valence-corrected chi connectivity index (χ1v) is 9.54. The zero-order valence-electron chi connectivity index (χ0n) is 16.6. The van der Waals surface area contributed by atoms with Crippen LogP contribution in [0.4, 0.5) is 4.39 Å². The topological polar surface area (TPSA) is 49.4 Å². The molecular formula is C22H26ClFN2O2. The predicted octanol–water partition coefficient (Wildman–Crippen LogP) is 4.35. The van der Waals surface area contributed by atoms with Gasteiger partial charge in [-0.1, -0.05) is 41.9 Å². The summed E-state index contributed by atoms with van der Waals surface area (Å²) in [5.74, 6) is -0.953. The van der Waals surface area contributed by atoms with E-state index in [-0.39, 0.29) is 24.8 Å². The highest BCUT2D eigenvalue weighted by Crippen LogP contribution is 2.16. The Kier molecular flexibility index (Phi) is 7.19. The second-order valence-electron chi connectivity index (χ2n) is 7.83. The third kappa shape index (κ3) is 6.34. The highest BCUT2D eigenvalue weighted by Gasteiger charge is 2.28. The van der Waals surface area contributed by atoms with Crippen LogP contribution in [0.1, 0.15) is 38.8 Å². The Morgan fingerprint density at radius 3 is 2.29 bits per heavy atom. The fourth-order valence-electron chi connectivity index (χ4n) is 2.75. The van der Waals surface area contributed by atoms with Crippen molar-refractivity contribution in [3.8, 4) is 0 Å². The van der Waals surface area contributed by atoms with Crippen molar-refractivity contribution in [2.24, 2.45) is 0 Å². The van der Waals surface area contributed by atoms with Gasteiger partial charge in [-0.15, -0.1) is 0 Å². The first kappa shape index (κ1) is 21.9. The fourth-order valence-corrected chi connectivity index (χ4v) is 2.87. The number of benzene rings is 2. The Morgan fingerprint density at radius 1 is 1.11 bits per heavy atom. The van der Waals surface area contributed by atoms with Crippen LogP contribution >= 0.6 is 11.6 Å². The van der Waals surface area contributed by atoms with Crippen molar-refractivity contribution in [2.45, 2.75) is 52.2 Å². The summed E-state index contributed by atoms with van der Waals surface area (Å²) in [7, 11) is 0. The summed E-state index contributed by atoms with van der Waals surface area (Å²) in [5, 5.41) is 3.46. The van der Waals surface area contributed by atoms with Crippen LogP contribution in [-0.4, -0.2) is 28.3 Å². The van der Waals surface area contributed by atoms with Crippen LogP contribution in [0.3, 0.4) is 0 Å². The summed E-state index contributed by atoms with van der Waals surface area (Å²) in [6.45, 7) is 7.27. The SMILES string of the molecule is CC(C(=O)NC(C)(C)C)N(Cc1ccccc1F)C(=O)Cc1ccc(Cl)cc1. The van der Waals surface area contributed by atoms with Crippen LogP contribution < -0.4 is 5.32 Å². The number of nitrogens with one attached hydrogen (secondary N) is 1. The van der Waals surface area contributed by atoms with Gasteiger partial charge in [-0.3, -0.25) is 9.59 Å². The summed E-state index contributed by atoms with van der Waals surface area (Å²) in [5.41, 5.74) is 0.701. The molecule has 2 aromatic rings. The molecule has 0 aliphatic heterocycles. The minimum absolute atomic E-state index is 0.0117. The van der Waals surface area contributed by atoms with Gasteiger partial charge in [-0.2, -0.15) is 0 Å². The second kappa shape index (κ2) is 9.20. The molecular weight excluding hydrogens is 379 g/mol. The number of carbonyl (C=O) groups excluding carboxylic acids is 2. The van der Waals surface area contributed by atoms with Crippen molar-refractivity contribution in [1.82, 2.24) is 10.2 Å². The van der Waals surface area contributed by atoms with E-state index in [0.29, 0.717) is 10.6 Å². The van der Waals surface area contributed by atoms with Gasteiger partial charge in [0.1, 0.15) is 11.9 Å². The standard InChI is InChI=1S/C22H26ClFN2O2/c1-15(21(28)25-22(2,3)4)26(14-17-7-5-6-8-19(17)24)20(27)13-16-9-11-18(23)12-10-16/h5-12,15H,13-14H2,1-4H3,(H,25,28). The van der Waals surface area contributed by atoms with Crippen LogP contribution in [-0.2, 0) is 22.6 Å². The highest BCUT2D eigenvalue weighted by atomic mass is 35.5. The quantitative estimate of drug-likeness (QED) is 0.777. The summed E-state index contributed by atoms with van der Waals surface area (Å²) in [6.07, 6.45) is 0.0960. The maximum absolute atomic E-state index is 14.2. The van der Waals surface area contributed by atoms with E-state index in [2.05, 4.69) is 5.32 Å². The lowest BCUT2D eigenvalue weighted by Gasteiger charge is -2.31. The van der Waals surface area contributed by atoms with E-state index < -0.39 is 17.4 Å². The average molecular weight is 405 g/mol. The molecule has 0 aliphatic rings. The zero-order valence-corrected chi connectivity index (χ0v) is 17.4. The molecule has 0 saturated carbocycles. The molecule has 0 heterocycles. The molecule has 0 aliphatic carbocycles. The molecule has 0 aromatic heterocycles. The van der Waals surface area contributed by atoms with Crippen molar-refractivity contribution in [2.75, 3.05) is 0 Å². The van der Waals surface area contributed by atoms with Gasteiger partial charge in [0.15, 0.2) is 0 Å². The minimum Gasteiger partial charge on any atom is -0.350 e. The Bertz CT molecular complexity index is 831. The zero-order chi connectivity index (χ0) is 20.9. The summed E-state index contributed by atoms with van der Waals surface area (Å²) >= 11 is 5.90. The molecule has 28 heavy (non-hydrogen) atoms. The minimum atomic E-state index is -0.751. The smallest absolute Gasteiger partial charge is 0.242 e. The molecule has 1 N–H and O–H groups in total. The molecule has 0 spiro atoms. The van der Waals surface area contributed by atoms with Crippen molar-refractivity contribution < 1.29 is 14.0 Å². The van der Waals surface area contributed by atoms with Crippen LogP contribution in [0.15, 0.2) is 48.5 Å². The number of hydrogen-bond acceptors (Lipinski definition) is 2. The Morgan fingerprint density at radius 2 is 1.71 bits per heavy atom. The van der Waals surface area contributed by atoms with Crippen molar-refractivity contribution in [3.05, 3.63) is 70.5 Å². The predicted molar refractivity (Wildman–Crippen MR) is 109 cm³/mol. The van der Waals surface area contributed by atoms with Crippen LogP contribution in [0, 0.1) is 5.82 Å². The lowest BCUT2D eigenvalue weighted by molar-refractivity contribution is -0.140. The van der Waals surface area contributed by atoms with Gasteiger partial charge in [0.25, 0.3) is 0 Å². The molecule has 2 aromatic carbocycles. The second-order valence-corrected chi connectivity index (χ2v) is 8.27. The molecule has 2 rings (SSSR count). The number of nitrogens with zero attached hydrogens (tertiary/aromatic N) is 1. The Labute approximate surface area is 170 Å². The van der Waals surface area contributed by atoms with E-state index in [1.165, 1.54) is 11.0 Å². The molecule has 0 bridgehead atoms. The van der Waals surface area contributed by atoms with Gasteiger partial charge >= 0.3 is 0 Å². The molecule has 0 saturated heterocycles. The highest BCUT2D eigenvalue weighted by molar-refractivity contribution is 6.30. The Balaban J connectivity index is 2.26. The van der Waals surface area contributed by atoms with Crippen LogP contribution in [0.25, 0.3) is 0 Å². The van der Waals surface area contributed by atoms with E-state index in [1.807, 2.05) is 20.8 Å². The van der Waals surface area contributed by atoms with Gasteiger partial charge in [0.2, 0.25) is 11.8 Å². The molecule has 6 heteroatoms. The van der Waals surface area contributed by atoms with Crippen molar-refractivity contribution in [1.29, 1.82) is 0 Å². The van der Waals surface area contributed by atoms with Gasteiger partial charge in [0, 0.05) is 22.7 Å².